The van der Waals surface area contributed by atoms with Crippen molar-refractivity contribution >= 4 is 17.7 Å². The molecule has 0 aliphatic carbocycles. The van der Waals surface area contributed by atoms with Crippen molar-refractivity contribution in [2.45, 2.75) is 11.0 Å². The summed E-state index contributed by atoms with van der Waals surface area (Å²) in [4.78, 5) is 5.48. The van der Waals surface area contributed by atoms with Crippen LogP contribution in [0, 0.1) is 5.82 Å². The van der Waals surface area contributed by atoms with Gasteiger partial charge in [0, 0.05) is 16.2 Å². The minimum atomic E-state index is -0.207. The summed E-state index contributed by atoms with van der Waals surface area (Å²) >= 11 is 1.66. The molecule has 20 heavy (non-hydrogen) atoms. The summed E-state index contributed by atoms with van der Waals surface area (Å²) in [6.07, 6.45) is 0.0836. The summed E-state index contributed by atoms with van der Waals surface area (Å²) in [6, 6.07) is 16.4. The summed E-state index contributed by atoms with van der Waals surface area (Å²) in [5.74, 6) is 1.32. The number of hydrogen-bond donors (Lipinski definition) is 0. The number of benzene rings is 2. The molecule has 1 aliphatic rings. The minimum Gasteiger partial charge on any atom is -0.471 e. The van der Waals surface area contributed by atoms with Gasteiger partial charge in [-0.15, -0.1) is 11.8 Å². The van der Waals surface area contributed by atoms with Crippen molar-refractivity contribution in [3.8, 4) is 0 Å². The maximum absolute atomic E-state index is 12.8. The maximum atomic E-state index is 12.8. The van der Waals surface area contributed by atoms with Crippen molar-refractivity contribution in [3.63, 3.8) is 0 Å². The molecule has 1 atom stereocenters. The zero-order valence-electron chi connectivity index (χ0n) is 10.8. The van der Waals surface area contributed by atoms with Gasteiger partial charge in [-0.05, 0) is 36.4 Å². The first-order valence-electron chi connectivity index (χ1n) is 6.46. The van der Waals surface area contributed by atoms with Gasteiger partial charge in [-0.25, -0.2) is 9.38 Å². The van der Waals surface area contributed by atoms with Crippen LogP contribution in [0.4, 0.5) is 4.39 Å². The van der Waals surface area contributed by atoms with Gasteiger partial charge < -0.3 is 4.74 Å². The fourth-order valence-corrected chi connectivity index (χ4v) is 2.84. The third-order valence-corrected chi connectivity index (χ3v) is 4.13. The van der Waals surface area contributed by atoms with Gasteiger partial charge in [-0.1, -0.05) is 18.2 Å². The molecule has 0 N–H and O–H groups in total. The van der Waals surface area contributed by atoms with Crippen LogP contribution in [0.1, 0.15) is 5.56 Å². The number of rotatable bonds is 4. The van der Waals surface area contributed by atoms with Crippen LogP contribution in [0.25, 0.3) is 0 Å². The Balaban J connectivity index is 1.53. The largest absolute Gasteiger partial charge is 0.471 e. The van der Waals surface area contributed by atoms with Crippen molar-refractivity contribution in [3.05, 3.63) is 66.0 Å². The van der Waals surface area contributed by atoms with Crippen LogP contribution >= 0.6 is 11.8 Å². The Hall–Kier alpha value is -1.81. The van der Waals surface area contributed by atoms with Crippen molar-refractivity contribution in [2.75, 3.05) is 12.3 Å². The lowest BCUT2D eigenvalue weighted by molar-refractivity contribution is 0.251. The molecule has 0 aromatic heterocycles. The minimum absolute atomic E-state index is 0.0836. The lowest BCUT2D eigenvalue weighted by Gasteiger charge is -2.11. The molecule has 2 nitrogen and oxygen atoms in total. The molecule has 0 saturated carbocycles. The third kappa shape index (κ3) is 3.20. The molecular weight excluding hydrogens is 273 g/mol. The van der Waals surface area contributed by atoms with Crippen LogP contribution < -0.4 is 0 Å². The van der Waals surface area contributed by atoms with E-state index in [2.05, 4.69) is 4.99 Å². The quantitative estimate of drug-likeness (QED) is 0.799. The summed E-state index contributed by atoms with van der Waals surface area (Å²) in [7, 11) is 0. The summed E-state index contributed by atoms with van der Waals surface area (Å²) in [5, 5.41) is 0. The van der Waals surface area contributed by atoms with Gasteiger partial charge >= 0.3 is 0 Å². The van der Waals surface area contributed by atoms with E-state index in [9.17, 15) is 4.39 Å². The van der Waals surface area contributed by atoms with E-state index in [1.807, 2.05) is 30.3 Å². The highest BCUT2D eigenvalue weighted by Gasteiger charge is 2.20. The van der Waals surface area contributed by atoms with Crippen LogP contribution in [0.5, 0.6) is 0 Å². The van der Waals surface area contributed by atoms with E-state index in [0.29, 0.717) is 6.54 Å². The molecule has 2 aromatic rings. The Kier molecular flexibility index (Phi) is 4.02. The standard InChI is InChI=1S/C16H14FNOS/c17-13-6-8-15(9-7-13)20-11-14-10-18-16(19-14)12-4-2-1-3-5-12/h1-9,14H,10-11H2. The van der Waals surface area contributed by atoms with Crippen LogP contribution in [0.15, 0.2) is 64.5 Å². The fourth-order valence-electron chi connectivity index (χ4n) is 1.96. The second kappa shape index (κ2) is 6.09. The monoisotopic (exact) mass is 287 g/mol. The molecule has 0 spiro atoms. The molecular formula is C16H14FNOS. The number of nitrogens with zero attached hydrogens (tertiary/aromatic N) is 1. The molecule has 102 valence electrons. The van der Waals surface area contributed by atoms with Gasteiger partial charge in [-0.2, -0.15) is 0 Å². The van der Waals surface area contributed by atoms with Crippen molar-refractivity contribution in [2.24, 2.45) is 4.99 Å². The van der Waals surface area contributed by atoms with E-state index < -0.39 is 0 Å². The van der Waals surface area contributed by atoms with Gasteiger partial charge in [0.15, 0.2) is 0 Å². The number of hydrogen-bond acceptors (Lipinski definition) is 3. The van der Waals surface area contributed by atoms with E-state index in [-0.39, 0.29) is 11.9 Å². The maximum Gasteiger partial charge on any atom is 0.216 e. The van der Waals surface area contributed by atoms with E-state index in [1.165, 1.54) is 12.1 Å². The predicted octanol–water partition coefficient (Wildman–Crippen LogP) is 3.76. The fraction of sp³-hybridized carbons (Fsp3) is 0.188. The van der Waals surface area contributed by atoms with Crippen molar-refractivity contribution in [1.82, 2.24) is 0 Å². The van der Waals surface area contributed by atoms with E-state index in [0.717, 1.165) is 22.1 Å². The highest BCUT2D eigenvalue weighted by atomic mass is 32.2. The summed E-state index contributed by atoms with van der Waals surface area (Å²) in [6.45, 7) is 0.679. The Bertz CT molecular complexity index is 598. The molecule has 1 unspecified atom stereocenters. The van der Waals surface area contributed by atoms with Crippen LogP contribution in [-0.4, -0.2) is 24.3 Å². The lowest BCUT2D eigenvalue weighted by Crippen LogP contribution is -2.16. The van der Waals surface area contributed by atoms with E-state index in [4.69, 9.17) is 4.74 Å². The van der Waals surface area contributed by atoms with Gasteiger partial charge in [0.1, 0.15) is 11.9 Å². The number of halogens is 1. The molecule has 0 radical (unpaired) electrons. The normalized spacial score (nSPS) is 17.6. The highest BCUT2D eigenvalue weighted by Crippen LogP contribution is 2.22. The average molecular weight is 287 g/mol. The number of ether oxygens (including phenoxy) is 1. The first-order chi connectivity index (χ1) is 9.81. The van der Waals surface area contributed by atoms with Crippen LogP contribution in [0.3, 0.4) is 0 Å². The van der Waals surface area contributed by atoms with Gasteiger partial charge in [0.05, 0.1) is 6.54 Å². The summed E-state index contributed by atoms with van der Waals surface area (Å²) in [5.41, 5.74) is 1.02. The van der Waals surface area contributed by atoms with E-state index >= 15 is 0 Å². The Labute approximate surface area is 121 Å². The smallest absolute Gasteiger partial charge is 0.216 e. The highest BCUT2D eigenvalue weighted by molar-refractivity contribution is 7.99. The number of aliphatic imine (C=N–C) groups is 1. The average Bonchev–Trinajstić information content (AvgIpc) is 2.97. The van der Waals surface area contributed by atoms with Crippen molar-refractivity contribution < 1.29 is 9.13 Å². The molecule has 2 aromatic carbocycles. The SMILES string of the molecule is Fc1ccc(SCC2CN=C(c3ccccc3)O2)cc1. The topological polar surface area (TPSA) is 21.6 Å². The molecule has 0 fully saturated rings. The zero-order valence-corrected chi connectivity index (χ0v) is 11.6. The van der Waals surface area contributed by atoms with Crippen LogP contribution in [0.2, 0.25) is 0 Å². The van der Waals surface area contributed by atoms with Gasteiger partial charge in [-0.3, -0.25) is 0 Å². The van der Waals surface area contributed by atoms with Crippen LogP contribution in [-0.2, 0) is 4.74 Å². The second-order valence-electron chi connectivity index (χ2n) is 4.52. The first-order valence-corrected chi connectivity index (χ1v) is 7.45. The Morgan fingerprint density at radius 3 is 2.60 bits per heavy atom. The van der Waals surface area contributed by atoms with E-state index in [1.54, 1.807) is 23.9 Å². The number of thioether (sulfide) groups is 1. The van der Waals surface area contributed by atoms with Gasteiger partial charge in [0.2, 0.25) is 5.90 Å². The molecule has 1 aliphatic heterocycles. The summed E-state index contributed by atoms with van der Waals surface area (Å²) < 4.78 is 18.7. The van der Waals surface area contributed by atoms with Crippen molar-refractivity contribution in [1.29, 1.82) is 0 Å². The Morgan fingerprint density at radius 2 is 1.85 bits per heavy atom. The zero-order chi connectivity index (χ0) is 13.8. The predicted molar refractivity (Wildman–Crippen MR) is 79.8 cm³/mol. The first kappa shape index (κ1) is 13.2. The second-order valence-corrected chi connectivity index (χ2v) is 5.61. The molecule has 0 amide bonds. The van der Waals surface area contributed by atoms with Gasteiger partial charge in [0.25, 0.3) is 0 Å². The molecule has 3 rings (SSSR count). The molecule has 4 heteroatoms. The lowest BCUT2D eigenvalue weighted by atomic mass is 10.2. The third-order valence-electron chi connectivity index (χ3n) is 2.99. The Morgan fingerprint density at radius 1 is 1.10 bits per heavy atom. The molecule has 0 saturated heterocycles. The molecule has 1 heterocycles. The molecule has 0 bridgehead atoms.